The average molecular weight is 351 g/mol. The Morgan fingerprint density at radius 2 is 2.12 bits per heavy atom. The number of hydrogen-bond donors (Lipinski definition) is 1. The fraction of sp³-hybridized carbons (Fsp3) is 0.474. The van der Waals surface area contributed by atoms with Crippen LogP contribution in [0.4, 0.5) is 0 Å². The molecule has 7 nitrogen and oxygen atoms in total. The largest absolute Gasteiger partial charge is 0.333 e. The molecule has 0 aliphatic carbocycles. The van der Waals surface area contributed by atoms with Gasteiger partial charge in [-0.3, -0.25) is 0 Å². The van der Waals surface area contributed by atoms with Gasteiger partial charge < -0.3 is 9.88 Å². The van der Waals surface area contributed by atoms with Crippen LogP contribution in [0.2, 0.25) is 0 Å². The van der Waals surface area contributed by atoms with E-state index in [1.165, 1.54) is 12.8 Å². The second-order valence-electron chi connectivity index (χ2n) is 6.64. The molecule has 1 N–H and O–H groups in total. The molecule has 3 aromatic rings. The Hall–Kier alpha value is -2.54. The van der Waals surface area contributed by atoms with Crippen molar-refractivity contribution in [3.63, 3.8) is 0 Å². The van der Waals surface area contributed by atoms with E-state index in [1.807, 2.05) is 22.9 Å². The lowest BCUT2D eigenvalue weighted by molar-refractivity contribution is 0.646. The van der Waals surface area contributed by atoms with Crippen LogP contribution < -0.4 is 5.32 Å². The first-order valence-corrected chi connectivity index (χ1v) is 9.49. The Morgan fingerprint density at radius 3 is 2.96 bits per heavy atom. The van der Waals surface area contributed by atoms with Gasteiger partial charge in [-0.05, 0) is 18.6 Å². The summed E-state index contributed by atoms with van der Waals surface area (Å²) in [5.41, 5.74) is 0.877. The van der Waals surface area contributed by atoms with Crippen molar-refractivity contribution in [2.45, 2.75) is 45.6 Å². The quantitative estimate of drug-likeness (QED) is 0.691. The van der Waals surface area contributed by atoms with E-state index in [0.717, 1.165) is 67.9 Å². The SMILES string of the molecule is CCCCCc1nc(-c2cn3c(n2)CCNCC3)n(-c2ccccn2)n1. The Morgan fingerprint density at radius 1 is 1.15 bits per heavy atom. The molecule has 3 aromatic heterocycles. The van der Waals surface area contributed by atoms with Crippen LogP contribution in [0.1, 0.15) is 37.8 Å². The van der Waals surface area contributed by atoms with Crippen molar-refractivity contribution in [2.75, 3.05) is 13.1 Å². The summed E-state index contributed by atoms with van der Waals surface area (Å²) in [6.45, 7) is 5.07. The van der Waals surface area contributed by atoms with Crippen LogP contribution in [0.15, 0.2) is 30.6 Å². The van der Waals surface area contributed by atoms with Crippen molar-refractivity contribution in [3.8, 4) is 17.3 Å². The Kier molecular flexibility index (Phi) is 5.06. The lowest BCUT2D eigenvalue weighted by atomic mass is 10.2. The van der Waals surface area contributed by atoms with Gasteiger partial charge in [0, 0.05) is 44.9 Å². The molecule has 0 unspecified atom stereocenters. The number of rotatable bonds is 6. The highest BCUT2D eigenvalue weighted by Gasteiger charge is 2.19. The minimum absolute atomic E-state index is 0.779. The number of fused-ring (bicyclic) bond motifs is 1. The molecule has 0 saturated carbocycles. The van der Waals surface area contributed by atoms with E-state index in [0.29, 0.717) is 0 Å². The van der Waals surface area contributed by atoms with Gasteiger partial charge in [0.05, 0.1) is 0 Å². The van der Waals surface area contributed by atoms with Crippen LogP contribution in [0, 0.1) is 0 Å². The molecule has 4 heterocycles. The maximum absolute atomic E-state index is 4.85. The molecule has 1 aliphatic heterocycles. The summed E-state index contributed by atoms with van der Waals surface area (Å²) in [4.78, 5) is 14.1. The number of hydrogen-bond acceptors (Lipinski definition) is 5. The Labute approximate surface area is 153 Å². The number of aryl methyl sites for hydroxylation is 1. The standard InChI is InChI=1S/C19H25N7/c1-2-3-4-7-16-23-19(26(24-16)17-8-5-6-10-21-17)15-14-25-13-12-20-11-9-18(25)22-15/h5-6,8,10,14,20H,2-4,7,9,11-13H2,1H3. The first-order valence-electron chi connectivity index (χ1n) is 9.49. The first-order chi connectivity index (χ1) is 12.8. The van der Waals surface area contributed by atoms with E-state index >= 15 is 0 Å². The maximum Gasteiger partial charge on any atom is 0.185 e. The number of pyridine rings is 1. The van der Waals surface area contributed by atoms with E-state index in [4.69, 9.17) is 15.1 Å². The molecule has 4 rings (SSSR count). The topological polar surface area (TPSA) is 73.5 Å². The van der Waals surface area contributed by atoms with Crippen molar-refractivity contribution in [1.29, 1.82) is 0 Å². The molecule has 0 aromatic carbocycles. The van der Waals surface area contributed by atoms with Crippen molar-refractivity contribution < 1.29 is 0 Å². The van der Waals surface area contributed by atoms with Crippen molar-refractivity contribution in [2.24, 2.45) is 0 Å². The molecule has 0 bridgehead atoms. The number of unbranched alkanes of at least 4 members (excludes halogenated alkanes) is 2. The van der Waals surface area contributed by atoms with Crippen molar-refractivity contribution >= 4 is 0 Å². The zero-order valence-electron chi connectivity index (χ0n) is 15.2. The van der Waals surface area contributed by atoms with Gasteiger partial charge in [0.15, 0.2) is 17.5 Å². The number of imidazole rings is 1. The van der Waals surface area contributed by atoms with Crippen LogP contribution in [0.25, 0.3) is 17.3 Å². The molecule has 136 valence electrons. The molecule has 0 saturated heterocycles. The van der Waals surface area contributed by atoms with Gasteiger partial charge in [0.25, 0.3) is 0 Å². The Bertz CT molecular complexity index is 827. The molecule has 7 heteroatoms. The maximum atomic E-state index is 4.85. The molecular formula is C19H25N7. The van der Waals surface area contributed by atoms with E-state index in [-0.39, 0.29) is 0 Å². The summed E-state index contributed by atoms with van der Waals surface area (Å²) in [7, 11) is 0. The molecule has 0 radical (unpaired) electrons. The summed E-state index contributed by atoms with van der Waals surface area (Å²) >= 11 is 0. The van der Waals surface area contributed by atoms with Gasteiger partial charge in [-0.25, -0.2) is 15.0 Å². The van der Waals surface area contributed by atoms with Crippen molar-refractivity contribution in [3.05, 3.63) is 42.2 Å². The van der Waals surface area contributed by atoms with E-state index in [2.05, 4.69) is 28.0 Å². The average Bonchev–Trinajstić information content (AvgIpc) is 3.21. The minimum Gasteiger partial charge on any atom is -0.333 e. The summed E-state index contributed by atoms with van der Waals surface area (Å²) < 4.78 is 4.06. The Balaban J connectivity index is 1.71. The van der Waals surface area contributed by atoms with Crippen LogP contribution in [0.5, 0.6) is 0 Å². The predicted octanol–water partition coefficient (Wildman–Crippen LogP) is 2.40. The van der Waals surface area contributed by atoms with Crippen molar-refractivity contribution in [1.82, 2.24) is 34.6 Å². The van der Waals surface area contributed by atoms with E-state index in [1.54, 1.807) is 6.20 Å². The van der Waals surface area contributed by atoms with Gasteiger partial charge in [-0.1, -0.05) is 25.8 Å². The second-order valence-corrected chi connectivity index (χ2v) is 6.64. The molecular weight excluding hydrogens is 326 g/mol. The smallest absolute Gasteiger partial charge is 0.185 e. The van der Waals surface area contributed by atoms with Crippen LogP contribution in [-0.2, 0) is 19.4 Å². The summed E-state index contributed by atoms with van der Waals surface area (Å²) in [6, 6.07) is 5.84. The fourth-order valence-electron chi connectivity index (χ4n) is 3.28. The second kappa shape index (κ2) is 7.78. The van der Waals surface area contributed by atoms with Crippen LogP contribution in [0.3, 0.4) is 0 Å². The van der Waals surface area contributed by atoms with Gasteiger partial charge in [-0.2, -0.15) is 4.68 Å². The summed E-state index contributed by atoms with van der Waals surface area (Å²) in [6.07, 6.45) is 9.19. The van der Waals surface area contributed by atoms with Crippen LogP contribution >= 0.6 is 0 Å². The zero-order valence-corrected chi connectivity index (χ0v) is 15.2. The van der Waals surface area contributed by atoms with Gasteiger partial charge in [0.1, 0.15) is 11.5 Å². The number of nitrogens with one attached hydrogen (secondary N) is 1. The predicted molar refractivity (Wildman–Crippen MR) is 100 cm³/mol. The highest BCUT2D eigenvalue weighted by molar-refractivity contribution is 5.52. The summed E-state index contributed by atoms with van der Waals surface area (Å²) in [5, 5.41) is 8.14. The summed E-state index contributed by atoms with van der Waals surface area (Å²) in [5.74, 6) is 3.53. The molecule has 0 fully saturated rings. The normalized spacial score (nSPS) is 14.2. The van der Waals surface area contributed by atoms with Gasteiger partial charge in [-0.15, -0.1) is 5.10 Å². The third-order valence-corrected chi connectivity index (χ3v) is 4.66. The lowest BCUT2D eigenvalue weighted by Gasteiger charge is -2.02. The molecule has 1 aliphatic rings. The molecule has 0 atom stereocenters. The minimum atomic E-state index is 0.779. The molecule has 0 amide bonds. The highest BCUT2D eigenvalue weighted by atomic mass is 15.4. The molecule has 0 spiro atoms. The van der Waals surface area contributed by atoms with Crippen LogP contribution in [-0.4, -0.2) is 42.4 Å². The molecule has 26 heavy (non-hydrogen) atoms. The third kappa shape index (κ3) is 3.53. The zero-order chi connectivity index (χ0) is 17.8. The lowest BCUT2D eigenvalue weighted by Crippen LogP contribution is -2.17. The number of aromatic nitrogens is 6. The fourth-order valence-corrected chi connectivity index (χ4v) is 3.28. The first kappa shape index (κ1) is 16.9. The third-order valence-electron chi connectivity index (χ3n) is 4.66. The number of nitrogens with zero attached hydrogens (tertiary/aromatic N) is 6. The van der Waals surface area contributed by atoms with E-state index in [9.17, 15) is 0 Å². The highest BCUT2D eigenvalue weighted by Crippen LogP contribution is 2.21. The van der Waals surface area contributed by atoms with E-state index < -0.39 is 0 Å². The van der Waals surface area contributed by atoms with Gasteiger partial charge >= 0.3 is 0 Å². The monoisotopic (exact) mass is 351 g/mol. The van der Waals surface area contributed by atoms with Gasteiger partial charge in [0.2, 0.25) is 0 Å².